The highest BCUT2D eigenvalue weighted by Gasteiger charge is 2.55. The lowest BCUT2D eigenvalue weighted by Gasteiger charge is -2.52. The Kier molecular flexibility index (Phi) is 9.76. The standard InChI is InChI=1S/C55H57NO5S/c1-35-29-46-47(31-45(35)36-9-15-39(16-10-36)56-25-27-60-28-26-56)51-44(23-24-55(61-51,37-11-17-40(58-6)18-12-37)38-13-19-41(59-7)20-14-38)50-49(46)43-22-21-42(62(8)57)30-48(43)54(50)33-52(2,3)32-53(4,5)34-54/h9-24,29-31H,25-28,32-34H2,1-8H3. The van der Waals surface area contributed by atoms with Crippen LogP contribution in [0.3, 0.4) is 0 Å². The van der Waals surface area contributed by atoms with Gasteiger partial charge in [0, 0.05) is 68.2 Å². The summed E-state index contributed by atoms with van der Waals surface area (Å²) in [5.41, 5.74) is 11.9. The van der Waals surface area contributed by atoms with Gasteiger partial charge in [-0.05, 0) is 142 Å². The summed E-state index contributed by atoms with van der Waals surface area (Å²) < 4.78 is 38.1. The van der Waals surface area contributed by atoms with Crippen molar-refractivity contribution in [3.05, 3.63) is 143 Å². The number of ether oxygens (including phenoxy) is 4. The largest absolute Gasteiger partial charge is 0.497 e. The fraction of sp³-hybridized carbons (Fsp3) is 0.345. The lowest BCUT2D eigenvalue weighted by atomic mass is 9.52. The van der Waals surface area contributed by atoms with E-state index in [1.165, 1.54) is 50.0 Å². The molecule has 7 heteroatoms. The minimum absolute atomic E-state index is 0.0478. The maximum Gasteiger partial charge on any atom is 0.178 e. The minimum Gasteiger partial charge on any atom is -0.497 e. The first kappa shape index (κ1) is 40.7. The monoisotopic (exact) mass is 843 g/mol. The second-order valence-electron chi connectivity index (χ2n) is 19.6. The maximum absolute atomic E-state index is 13.3. The van der Waals surface area contributed by atoms with Crippen LogP contribution >= 0.6 is 0 Å². The molecule has 1 saturated heterocycles. The highest BCUT2D eigenvalue weighted by Crippen LogP contribution is 2.67. The van der Waals surface area contributed by atoms with Gasteiger partial charge < -0.3 is 23.8 Å². The van der Waals surface area contributed by atoms with Gasteiger partial charge in [-0.1, -0.05) is 82.3 Å². The number of benzene rings is 6. The molecule has 0 N–H and O–H groups in total. The van der Waals surface area contributed by atoms with Crippen molar-refractivity contribution in [2.75, 3.05) is 51.7 Å². The Morgan fingerprint density at radius 2 is 1.31 bits per heavy atom. The third-order valence-corrected chi connectivity index (χ3v) is 15.0. The lowest BCUT2D eigenvalue weighted by Crippen LogP contribution is -2.44. The van der Waals surface area contributed by atoms with Crippen LogP contribution in [0.25, 0.3) is 39.1 Å². The van der Waals surface area contributed by atoms with Crippen molar-refractivity contribution in [2.24, 2.45) is 10.8 Å². The highest BCUT2D eigenvalue weighted by atomic mass is 32.2. The fourth-order valence-corrected chi connectivity index (χ4v) is 12.7. The molecule has 62 heavy (non-hydrogen) atoms. The van der Waals surface area contributed by atoms with E-state index in [-0.39, 0.29) is 16.2 Å². The normalized spacial score (nSPS) is 19.3. The summed E-state index contributed by atoms with van der Waals surface area (Å²) in [4.78, 5) is 3.28. The second kappa shape index (κ2) is 14.9. The zero-order chi connectivity index (χ0) is 43.2. The number of fused-ring (bicyclic) bond motifs is 10. The number of anilines is 1. The van der Waals surface area contributed by atoms with Gasteiger partial charge in [0.15, 0.2) is 5.60 Å². The molecule has 2 aliphatic heterocycles. The van der Waals surface area contributed by atoms with Crippen molar-refractivity contribution >= 4 is 33.3 Å². The van der Waals surface area contributed by atoms with E-state index in [1.807, 2.05) is 24.3 Å². The number of hydrogen-bond donors (Lipinski definition) is 0. The second-order valence-corrected chi connectivity index (χ2v) is 21.0. The zero-order valence-corrected chi connectivity index (χ0v) is 38.1. The van der Waals surface area contributed by atoms with Gasteiger partial charge in [0.1, 0.15) is 17.2 Å². The summed E-state index contributed by atoms with van der Waals surface area (Å²) >= 11 is 0. The summed E-state index contributed by atoms with van der Waals surface area (Å²) in [7, 11) is 2.27. The van der Waals surface area contributed by atoms with E-state index < -0.39 is 16.4 Å². The average Bonchev–Trinajstić information content (AvgIpc) is 3.53. The zero-order valence-electron chi connectivity index (χ0n) is 37.3. The number of morpholine rings is 1. The van der Waals surface area contributed by atoms with E-state index in [4.69, 9.17) is 18.9 Å². The Morgan fingerprint density at radius 1 is 0.694 bits per heavy atom. The van der Waals surface area contributed by atoms with Crippen molar-refractivity contribution < 1.29 is 23.2 Å². The van der Waals surface area contributed by atoms with Crippen LogP contribution in [0.2, 0.25) is 0 Å². The van der Waals surface area contributed by atoms with Crippen molar-refractivity contribution in [3.8, 4) is 39.5 Å². The van der Waals surface area contributed by atoms with Gasteiger partial charge in [-0.25, -0.2) is 0 Å². The minimum atomic E-state index is -1.13. The van der Waals surface area contributed by atoms with Gasteiger partial charge in [-0.15, -0.1) is 0 Å². The summed E-state index contributed by atoms with van der Waals surface area (Å²) in [6.45, 7) is 15.3. The van der Waals surface area contributed by atoms with Gasteiger partial charge in [0.05, 0.1) is 27.4 Å². The van der Waals surface area contributed by atoms with Crippen molar-refractivity contribution in [1.29, 1.82) is 0 Å². The van der Waals surface area contributed by atoms with Crippen LogP contribution < -0.4 is 19.1 Å². The lowest BCUT2D eigenvalue weighted by molar-refractivity contribution is 0.0641. The molecular formula is C55H57NO5S. The van der Waals surface area contributed by atoms with E-state index >= 15 is 0 Å². The first-order valence-electron chi connectivity index (χ1n) is 22.0. The molecule has 1 atom stereocenters. The van der Waals surface area contributed by atoms with E-state index in [0.717, 1.165) is 89.8 Å². The Labute approximate surface area is 369 Å². The Hall–Kier alpha value is -5.37. The molecule has 318 valence electrons. The van der Waals surface area contributed by atoms with E-state index in [2.05, 4.69) is 131 Å². The molecule has 0 radical (unpaired) electrons. The predicted molar refractivity (Wildman–Crippen MR) is 254 cm³/mol. The molecule has 1 unspecified atom stereocenters. The van der Waals surface area contributed by atoms with Crippen molar-refractivity contribution in [1.82, 2.24) is 0 Å². The molecule has 6 aromatic rings. The van der Waals surface area contributed by atoms with Crippen LogP contribution in [0.15, 0.2) is 114 Å². The molecule has 4 aliphatic rings. The van der Waals surface area contributed by atoms with Crippen molar-refractivity contribution in [2.45, 2.75) is 69.8 Å². The molecular weight excluding hydrogens is 787 g/mol. The third kappa shape index (κ3) is 6.57. The Balaban J connectivity index is 1.28. The van der Waals surface area contributed by atoms with E-state index in [9.17, 15) is 4.21 Å². The molecule has 2 fully saturated rings. The molecule has 1 saturated carbocycles. The number of rotatable bonds is 7. The predicted octanol–water partition coefficient (Wildman–Crippen LogP) is 12.3. The van der Waals surface area contributed by atoms with Crippen LogP contribution in [0.4, 0.5) is 5.69 Å². The topological polar surface area (TPSA) is 57.2 Å². The van der Waals surface area contributed by atoms with Crippen LogP contribution in [0, 0.1) is 17.8 Å². The van der Waals surface area contributed by atoms with Gasteiger partial charge in [-0.3, -0.25) is 4.21 Å². The molecule has 2 heterocycles. The quantitative estimate of drug-likeness (QED) is 0.160. The van der Waals surface area contributed by atoms with Crippen LogP contribution in [-0.4, -0.2) is 51.0 Å². The first-order chi connectivity index (χ1) is 29.7. The van der Waals surface area contributed by atoms with Gasteiger partial charge >= 0.3 is 0 Å². The van der Waals surface area contributed by atoms with E-state index in [1.54, 1.807) is 20.5 Å². The molecule has 6 nitrogen and oxygen atoms in total. The molecule has 1 spiro atoms. The molecule has 0 bridgehead atoms. The smallest absolute Gasteiger partial charge is 0.178 e. The van der Waals surface area contributed by atoms with Gasteiger partial charge in [0.2, 0.25) is 0 Å². The van der Waals surface area contributed by atoms with Crippen LogP contribution in [0.1, 0.15) is 80.3 Å². The third-order valence-electron chi connectivity index (χ3n) is 14.1. The van der Waals surface area contributed by atoms with Crippen LogP contribution in [-0.2, 0) is 26.6 Å². The summed E-state index contributed by atoms with van der Waals surface area (Å²) in [6.07, 6.45) is 9.51. The maximum atomic E-state index is 13.3. The average molecular weight is 844 g/mol. The Morgan fingerprint density at radius 3 is 1.89 bits per heavy atom. The first-order valence-corrected chi connectivity index (χ1v) is 23.5. The number of hydrogen-bond acceptors (Lipinski definition) is 6. The highest BCUT2D eigenvalue weighted by molar-refractivity contribution is 7.84. The summed E-state index contributed by atoms with van der Waals surface area (Å²) in [5, 5.41) is 2.26. The molecule has 10 rings (SSSR count). The van der Waals surface area contributed by atoms with Crippen LogP contribution in [0.5, 0.6) is 17.2 Å². The Bertz CT molecular complexity index is 2710. The number of aryl methyl sites for hydroxylation is 1. The molecule has 0 amide bonds. The number of nitrogens with zero attached hydrogens (tertiary/aromatic N) is 1. The molecule has 0 aromatic heterocycles. The summed E-state index contributed by atoms with van der Waals surface area (Å²) in [5.74, 6) is 2.46. The SMILES string of the molecule is COc1ccc(C2(c3ccc(OC)cc3)C=Cc3c4c(c5cc(C)c(-c6ccc(N7CCOCC7)cc6)cc5c3O2)-c2ccc(S(C)=O)cc2C42CC(C)(C)CC(C)(C)C2)cc1. The molecule has 2 aliphatic carbocycles. The van der Waals surface area contributed by atoms with Gasteiger partial charge in [-0.2, -0.15) is 0 Å². The van der Waals surface area contributed by atoms with E-state index in [0.29, 0.717) is 0 Å². The number of methoxy groups -OCH3 is 2. The molecule has 6 aromatic carbocycles. The summed E-state index contributed by atoms with van der Waals surface area (Å²) in [6, 6.07) is 37.0. The van der Waals surface area contributed by atoms with Gasteiger partial charge in [0.25, 0.3) is 0 Å². The fourth-order valence-electron chi connectivity index (χ4n) is 12.1. The van der Waals surface area contributed by atoms with Crippen molar-refractivity contribution in [3.63, 3.8) is 0 Å².